The quantitative estimate of drug-likeness (QED) is 0.453. The lowest BCUT2D eigenvalue weighted by atomic mass is 9.99. The summed E-state index contributed by atoms with van der Waals surface area (Å²) in [6.07, 6.45) is 11.5. The summed E-state index contributed by atoms with van der Waals surface area (Å²) in [4.78, 5) is 0. The molecule has 0 bridgehead atoms. The largest absolute Gasteiger partial charge is 0.313 e. The molecule has 0 fully saturated rings. The van der Waals surface area contributed by atoms with Gasteiger partial charge in [0.1, 0.15) is 5.82 Å². The van der Waals surface area contributed by atoms with Crippen LogP contribution in [0.1, 0.15) is 76.3 Å². The summed E-state index contributed by atoms with van der Waals surface area (Å²) in [6.45, 7) is 2.25. The van der Waals surface area contributed by atoms with Crippen molar-refractivity contribution in [2.45, 2.75) is 70.8 Å². The third kappa shape index (κ3) is 7.42. The summed E-state index contributed by atoms with van der Waals surface area (Å²) in [7, 11) is 1.91. The number of hydrogen-bond donors (Lipinski definition) is 1. The molecule has 1 nitrogen and oxygen atoms in total. The number of unbranched alkanes of at least 4 members (excludes halogenated alkanes) is 7. The molecule has 0 amide bonds. The maximum absolute atomic E-state index is 14.0. The molecule has 0 aliphatic heterocycles. The summed E-state index contributed by atoms with van der Waals surface area (Å²) >= 11 is 3.31. The average Bonchev–Trinajstić information content (AvgIpc) is 2.47. The van der Waals surface area contributed by atoms with Gasteiger partial charge in [0, 0.05) is 16.1 Å². The predicted octanol–water partition coefficient (Wildman–Crippen LogP) is 6.38. The molecule has 0 saturated carbocycles. The molecule has 120 valence electrons. The summed E-state index contributed by atoms with van der Waals surface area (Å²) in [5.74, 6) is -0.122. The van der Waals surface area contributed by atoms with Crippen LogP contribution in [-0.4, -0.2) is 7.05 Å². The van der Waals surface area contributed by atoms with Gasteiger partial charge in [-0.15, -0.1) is 0 Å². The fourth-order valence-corrected chi connectivity index (χ4v) is 3.05. The molecule has 1 N–H and O–H groups in total. The van der Waals surface area contributed by atoms with Crippen molar-refractivity contribution in [2.75, 3.05) is 7.05 Å². The third-order valence-electron chi connectivity index (χ3n) is 4.03. The summed E-state index contributed by atoms with van der Waals surface area (Å²) in [5.41, 5.74) is 0.781. The molecule has 0 saturated heterocycles. The first-order valence-electron chi connectivity index (χ1n) is 8.31. The topological polar surface area (TPSA) is 12.0 Å². The Hall–Kier alpha value is -0.410. The number of benzene rings is 1. The molecule has 0 heterocycles. The average molecular weight is 358 g/mol. The van der Waals surface area contributed by atoms with Crippen LogP contribution in [0.15, 0.2) is 22.7 Å². The molecule has 0 spiro atoms. The van der Waals surface area contributed by atoms with Crippen molar-refractivity contribution in [3.63, 3.8) is 0 Å². The molecule has 1 aromatic rings. The minimum Gasteiger partial charge on any atom is -0.313 e. The molecule has 0 radical (unpaired) electrons. The van der Waals surface area contributed by atoms with Gasteiger partial charge in [-0.05, 0) is 25.6 Å². The third-order valence-corrected chi connectivity index (χ3v) is 4.53. The van der Waals surface area contributed by atoms with Crippen LogP contribution < -0.4 is 5.32 Å². The molecule has 1 unspecified atom stereocenters. The fourth-order valence-electron chi connectivity index (χ4n) is 2.72. The van der Waals surface area contributed by atoms with Crippen LogP contribution in [0, 0.1) is 5.82 Å². The molecule has 0 aliphatic rings. The highest BCUT2D eigenvalue weighted by molar-refractivity contribution is 9.10. The van der Waals surface area contributed by atoms with Crippen molar-refractivity contribution in [1.82, 2.24) is 5.32 Å². The Bertz CT molecular complexity index is 395. The minimum absolute atomic E-state index is 0.122. The molecule has 1 aromatic carbocycles. The highest BCUT2D eigenvalue weighted by Crippen LogP contribution is 2.25. The number of nitrogens with one attached hydrogen (secondary N) is 1. The first-order chi connectivity index (χ1) is 10.2. The molecule has 0 aliphatic carbocycles. The Morgan fingerprint density at radius 1 is 1.05 bits per heavy atom. The van der Waals surface area contributed by atoms with E-state index < -0.39 is 0 Å². The van der Waals surface area contributed by atoms with E-state index >= 15 is 0 Å². The van der Waals surface area contributed by atoms with Crippen molar-refractivity contribution in [1.29, 1.82) is 0 Å². The molecular weight excluding hydrogens is 329 g/mol. The SMILES string of the molecule is CCCCCCCCCCC(NC)c1ccc(Br)cc1F. The maximum atomic E-state index is 14.0. The lowest BCUT2D eigenvalue weighted by molar-refractivity contribution is 0.474. The van der Waals surface area contributed by atoms with E-state index in [1.807, 2.05) is 19.2 Å². The Balaban J connectivity index is 2.25. The van der Waals surface area contributed by atoms with Gasteiger partial charge in [-0.3, -0.25) is 0 Å². The molecular formula is C18H29BrFN. The zero-order chi connectivity index (χ0) is 15.5. The van der Waals surface area contributed by atoms with Crippen LogP contribution in [0.2, 0.25) is 0 Å². The first kappa shape index (κ1) is 18.6. The van der Waals surface area contributed by atoms with E-state index in [1.54, 1.807) is 6.07 Å². The van der Waals surface area contributed by atoms with Gasteiger partial charge in [0.15, 0.2) is 0 Å². The minimum atomic E-state index is -0.122. The van der Waals surface area contributed by atoms with Crippen molar-refractivity contribution < 1.29 is 4.39 Å². The van der Waals surface area contributed by atoms with E-state index in [0.717, 1.165) is 22.9 Å². The lowest BCUT2D eigenvalue weighted by Gasteiger charge is -2.17. The molecule has 3 heteroatoms. The van der Waals surface area contributed by atoms with E-state index in [4.69, 9.17) is 0 Å². The van der Waals surface area contributed by atoms with Gasteiger partial charge in [0.2, 0.25) is 0 Å². The zero-order valence-corrected chi connectivity index (χ0v) is 15.0. The Morgan fingerprint density at radius 3 is 2.24 bits per heavy atom. The van der Waals surface area contributed by atoms with E-state index in [-0.39, 0.29) is 11.9 Å². The Kier molecular flexibility index (Phi) is 9.94. The highest BCUT2D eigenvalue weighted by atomic mass is 79.9. The summed E-state index contributed by atoms with van der Waals surface area (Å²) < 4.78 is 14.8. The first-order valence-corrected chi connectivity index (χ1v) is 9.10. The number of halogens is 2. The van der Waals surface area contributed by atoms with Gasteiger partial charge in [0.05, 0.1) is 0 Å². The molecule has 1 rings (SSSR count). The van der Waals surface area contributed by atoms with Crippen LogP contribution >= 0.6 is 15.9 Å². The Labute approximate surface area is 137 Å². The second kappa shape index (κ2) is 11.2. The molecule has 1 atom stereocenters. The standard InChI is InChI=1S/C18H29BrFN/c1-3-4-5-6-7-8-9-10-11-18(21-2)16-13-12-15(19)14-17(16)20/h12-14,18,21H,3-11H2,1-2H3. The van der Waals surface area contributed by atoms with Crippen LogP contribution in [0.3, 0.4) is 0 Å². The smallest absolute Gasteiger partial charge is 0.129 e. The van der Waals surface area contributed by atoms with E-state index in [9.17, 15) is 4.39 Å². The van der Waals surface area contributed by atoms with Gasteiger partial charge in [-0.2, -0.15) is 0 Å². The number of rotatable bonds is 11. The van der Waals surface area contributed by atoms with Crippen LogP contribution in [0.5, 0.6) is 0 Å². The van der Waals surface area contributed by atoms with E-state index in [2.05, 4.69) is 28.2 Å². The van der Waals surface area contributed by atoms with Crippen molar-refractivity contribution >= 4 is 15.9 Å². The van der Waals surface area contributed by atoms with Crippen molar-refractivity contribution in [2.24, 2.45) is 0 Å². The van der Waals surface area contributed by atoms with Crippen molar-refractivity contribution in [3.05, 3.63) is 34.1 Å². The number of hydrogen-bond acceptors (Lipinski definition) is 1. The van der Waals surface area contributed by atoms with Crippen LogP contribution in [0.4, 0.5) is 4.39 Å². The molecule has 21 heavy (non-hydrogen) atoms. The molecule has 0 aromatic heterocycles. The monoisotopic (exact) mass is 357 g/mol. The zero-order valence-electron chi connectivity index (χ0n) is 13.4. The van der Waals surface area contributed by atoms with E-state index in [1.165, 1.54) is 44.9 Å². The normalized spacial score (nSPS) is 12.6. The van der Waals surface area contributed by atoms with Crippen LogP contribution in [-0.2, 0) is 0 Å². The van der Waals surface area contributed by atoms with Gasteiger partial charge in [-0.1, -0.05) is 80.3 Å². The highest BCUT2D eigenvalue weighted by Gasteiger charge is 2.13. The van der Waals surface area contributed by atoms with Crippen molar-refractivity contribution in [3.8, 4) is 0 Å². The fraction of sp³-hybridized carbons (Fsp3) is 0.667. The maximum Gasteiger partial charge on any atom is 0.129 e. The summed E-state index contributed by atoms with van der Waals surface area (Å²) in [6, 6.07) is 5.47. The van der Waals surface area contributed by atoms with Gasteiger partial charge in [-0.25, -0.2) is 4.39 Å². The van der Waals surface area contributed by atoms with Gasteiger partial charge < -0.3 is 5.32 Å². The Morgan fingerprint density at radius 2 is 1.67 bits per heavy atom. The summed E-state index contributed by atoms with van der Waals surface area (Å²) in [5, 5.41) is 3.24. The lowest BCUT2D eigenvalue weighted by Crippen LogP contribution is -2.17. The van der Waals surface area contributed by atoms with Gasteiger partial charge in [0.25, 0.3) is 0 Å². The predicted molar refractivity (Wildman–Crippen MR) is 93.1 cm³/mol. The van der Waals surface area contributed by atoms with Gasteiger partial charge >= 0.3 is 0 Å². The second-order valence-electron chi connectivity index (χ2n) is 5.77. The second-order valence-corrected chi connectivity index (χ2v) is 6.69. The van der Waals surface area contributed by atoms with Crippen LogP contribution in [0.25, 0.3) is 0 Å². The van der Waals surface area contributed by atoms with E-state index in [0.29, 0.717) is 0 Å².